The zero-order valence-corrected chi connectivity index (χ0v) is 12.1. The maximum atomic E-state index is 13.7. The van der Waals surface area contributed by atoms with Gasteiger partial charge >= 0.3 is 5.97 Å². The molecule has 0 unspecified atom stereocenters. The minimum absolute atomic E-state index is 0.0501. The van der Waals surface area contributed by atoms with Crippen molar-refractivity contribution in [3.8, 4) is 11.3 Å². The lowest BCUT2D eigenvalue weighted by Gasteiger charge is -2.04. The predicted molar refractivity (Wildman–Crippen MR) is 71.1 cm³/mol. The molecule has 0 atom stereocenters. The van der Waals surface area contributed by atoms with E-state index in [1.807, 2.05) is 0 Å². The van der Waals surface area contributed by atoms with Crippen LogP contribution in [0.3, 0.4) is 0 Å². The molecule has 2 aromatic rings. The smallest absolute Gasteiger partial charge is 0.350 e. The fraction of sp³-hybridized carbons (Fsp3) is 0.167. The third-order valence-corrected chi connectivity index (χ3v) is 3.75. The van der Waals surface area contributed by atoms with Gasteiger partial charge in [0.15, 0.2) is 3.92 Å². The number of hydrogen-bond donors (Lipinski definition) is 0. The molecule has 7 heteroatoms. The van der Waals surface area contributed by atoms with Crippen LogP contribution < -0.4 is 0 Å². The lowest BCUT2D eigenvalue weighted by molar-refractivity contribution is 0.0532. The molecule has 0 aliphatic rings. The summed E-state index contributed by atoms with van der Waals surface area (Å²) < 4.78 is 32.7. The van der Waals surface area contributed by atoms with E-state index in [9.17, 15) is 13.6 Å². The van der Waals surface area contributed by atoms with Crippen molar-refractivity contribution in [2.24, 2.45) is 0 Å². The summed E-state index contributed by atoms with van der Waals surface area (Å²) >= 11 is 4.08. The van der Waals surface area contributed by atoms with Crippen LogP contribution in [0, 0.1) is 11.6 Å². The Morgan fingerprint density at radius 1 is 1.42 bits per heavy atom. The highest BCUT2D eigenvalue weighted by Crippen LogP contribution is 2.34. The highest BCUT2D eigenvalue weighted by molar-refractivity contribution is 9.11. The summed E-state index contributed by atoms with van der Waals surface area (Å²) in [5, 5.41) is 0. The van der Waals surface area contributed by atoms with Crippen LogP contribution in [0.25, 0.3) is 11.3 Å². The highest BCUT2D eigenvalue weighted by atomic mass is 79.9. The average molecular weight is 348 g/mol. The van der Waals surface area contributed by atoms with E-state index < -0.39 is 17.6 Å². The summed E-state index contributed by atoms with van der Waals surface area (Å²) in [5.41, 5.74) is -0.376. The number of nitrogens with zero attached hydrogens (tertiary/aromatic N) is 1. The molecule has 0 aliphatic carbocycles. The summed E-state index contributed by atoms with van der Waals surface area (Å²) in [6.07, 6.45) is 0. The summed E-state index contributed by atoms with van der Waals surface area (Å²) in [6, 6.07) is 3.47. The van der Waals surface area contributed by atoms with E-state index in [4.69, 9.17) is 4.74 Å². The molecule has 0 aliphatic heterocycles. The lowest BCUT2D eigenvalue weighted by atomic mass is 10.1. The molecule has 0 bridgehead atoms. The van der Waals surface area contributed by atoms with Crippen molar-refractivity contribution in [1.29, 1.82) is 0 Å². The fourth-order valence-electron chi connectivity index (χ4n) is 1.52. The van der Waals surface area contributed by atoms with Gasteiger partial charge in [-0.1, -0.05) is 17.4 Å². The van der Waals surface area contributed by atoms with Crippen LogP contribution in [0.5, 0.6) is 0 Å². The molecule has 19 heavy (non-hydrogen) atoms. The van der Waals surface area contributed by atoms with Crippen LogP contribution in [-0.4, -0.2) is 17.6 Å². The molecule has 0 fully saturated rings. The Hall–Kier alpha value is -1.34. The minimum atomic E-state index is -0.775. The molecule has 0 N–H and O–H groups in total. The second kappa shape index (κ2) is 5.75. The van der Waals surface area contributed by atoms with Gasteiger partial charge in [-0.3, -0.25) is 0 Å². The van der Waals surface area contributed by atoms with Crippen molar-refractivity contribution < 1.29 is 18.3 Å². The third kappa shape index (κ3) is 2.82. The lowest BCUT2D eigenvalue weighted by Crippen LogP contribution is -2.05. The van der Waals surface area contributed by atoms with Gasteiger partial charge in [0.25, 0.3) is 0 Å². The zero-order chi connectivity index (χ0) is 14.0. The van der Waals surface area contributed by atoms with Crippen LogP contribution in [-0.2, 0) is 4.74 Å². The van der Waals surface area contributed by atoms with E-state index in [2.05, 4.69) is 20.9 Å². The molecule has 0 saturated carbocycles. The number of halogens is 3. The Morgan fingerprint density at radius 2 is 2.05 bits per heavy atom. The fourth-order valence-corrected chi connectivity index (χ4v) is 2.88. The summed E-state index contributed by atoms with van der Waals surface area (Å²) in [5.74, 6) is -2.20. The van der Waals surface area contributed by atoms with Gasteiger partial charge < -0.3 is 4.74 Å². The first-order valence-corrected chi connectivity index (χ1v) is 6.93. The Kier molecular flexibility index (Phi) is 4.26. The van der Waals surface area contributed by atoms with Gasteiger partial charge in [0.2, 0.25) is 0 Å². The number of carbonyl (C=O) groups excluding carboxylic acids is 1. The first-order valence-electron chi connectivity index (χ1n) is 5.32. The molecule has 1 aromatic heterocycles. The normalized spacial score (nSPS) is 10.5. The summed E-state index contributed by atoms with van der Waals surface area (Å²) in [6.45, 7) is 1.82. The van der Waals surface area contributed by atoms with Crippen molar-refractivity contribution in [1.82, 2.24) is 4.98 Å². The van der Waals surface area contributed by atoms with Gasteiger partial charge in [-0.05, 0) is 35.0 Å². The quantitative estimate of drug-likeness (QED) is 0.787. The maximum absolute atomic E-state index is 13.7. The van der Waals surface area contributed by atoms with Gasteiger partial charge in [0.1, 0.15) is 22.2 Å². The Bertz CT molecular complexity index is 610. The Balaban J connectivity index is 2.60. The summed E-state index contributed by atoms with van der Waals surface area (Å²) in [4.78, 5) is 15.8. The number of benzene rings is 1. The van der Waals surface area contributed by atoms with Crippen molar-refractivity contribution in [3.05, 3.63) is 38.6 Å². The molecule has 0 radical (unpaired) electrons. The molecule has 1 heterocycles. The van der Waals surface area contributed by atoms with Crippen LogP contribution in [0.2, 0.25) is 0 Å². The number of ether oxygens (including phenoxy) is 1. The molecule has 1 aromatic carbocycles. The van der Waals surface area contributed by atoms with E-state index in [0.29, 0.717) is 3.92 Å². The van der Waals surface area contributed by atoms with Crippen LogP contribution in [0.1, 0.15) is 16.6 Å². The van der Waals surface area contributed by atoms with Gasteiger partial charge in [0.05, 0.1) is 12.2 Å². The number of carbonyl (C=O) groups is 1. The average Bonchev–Trinajstić information content (AvgIpc) is 2.71. The van der Waals surface area contributed by atoms with Crippen LogP contribution in [0.4, 0.5) is 8.78 Å². The Morgan fingerprint density at radius 3 is 2.63 bits per heavy atom. The molecule has 2 rings (SSSR count). The van der Waals surface area contributed by atoms with E-state index in [1.54, 1.807) is 6.92 Å². The maximum Gasteiger partial charge on any atom is 0.350 e. The molecular weight excluding hydrogens is 340 g/mol. The molecule has 100 valence electrons. The second-order valence-electron chi connectivity index (χ2n) is 3.46. The van der Waals surface area contributed by atoms with Crippen molar-refractivity contribution >= 4 is 33.2 Å². The Labute approximate surface area is 120 Å². The van der Waals surface area contributed by atoms with Crippen LogP contribution >= 0.6 is 27.3 Å². The predicted octanol–water partition coefficient (Wildman–Crippen LogP) is 4.03. The summed E-state index contributed by atoms with van der Waals surface area (Å²) in [7, 11) is 0. The minimum Gasteiger partial charge on any atom is -0.462 e. The van der Waals surface area contributed by atoms with Crippen molar-refractivity contribution in [2.75, 3.05) is 6.61 Å². The van der Waals surface area contributed by atoms with Gasteiger partial charge in [-0.2, -0.15) is 0 Å². The number of aromatic nitrogens is 1. The van der Waals surface area contributed by atoms with Crippen LogP contribution in [0.15, 0.2) is 22.1 Å². The molecule has 0 spiro atoms. The molecule has 3 nitrogen and oxygen atoms in total. The van der Waals surface area contributed by atoms with E-state index >= 15 is 0 Å². The molecular formula is C12H8BrF2NO2S. The monoisotopic (exact) mass is 347 g/mol. The number of hydrogen-bond acceptors (Lipinski definition) is 4. The second-order valence-corrected chi connectivity index (χ2v) is 5.74. The number of esters is 1. The first-order chi connectivity index (χ1) is 9.04. The molecule has 0 amide bonds. The van der Waals surface area contributed by atoms with Gasteiger partial charge in [-0.25, -0.2) is 18.6 Å². The highest BCUT2D eigenvalue weighted by Gasteiger charge is 2.24. The van der Waals surface area contributed by atoms with E-state index in [0.717, 1.165) is 23.5 Å². The number of rotatable bonds is 3. The standard InChI is InChI=1S/C12H8BrF2NO2S/c1-2-18-11(17)10-9(16-12(13)19-10)8-6(14)4-3-5-7(8)15/h3-5H,2H2,1H3. The number of thiazole rings is 1. The van der Waals surface area contributed by atoms with Gasteiger partial charge in [-0.15, -0.1) is 0 Å². The van der Waals surface area contributed by atoms with Crippen molar-refractivity contribution in [3.63, 3.8) is 0 Å². The van der Waals surface area contributed by atoms with Gasteiger partial charge in [0, 0.05) is 0 Å². The van der Waals surface area contributed by atoms with E-state index in [-0.39, 0.29) is 22.7 Å². The SMILES string of the molecule is CCOC(=O)c1sc(Br)nc1-c1c(F)cccc1F. The molecule has 0 saturated heterocycles. The topological polar surface area (TPSA) is 39.2 Å². The van der Waals surface area contributed by atoms with Crippen molar-refractivity contribution in [2.45, 2.75) is 6.92 Å². The zero-order valence-electron chi connectivity index (χ0n) is 9.75. The van der Waals surface area contributed by atoms with E-state index in [1.165, 1.54) is 6.07 Å². The largest absolute Gasteiger partial charge is 0.462 e. The third-order valence-electron chi connectivity index (χ3n) is 2.26. The first kappa shape index (κ1) is 14.1.